The number of fused-ring (bicyclic) bond motifs is 1. The number of hydrogen-bond acceptors (Lipinski definition) is 1. The summed E-state index contributed by atoms with van der Waals surface area (Å²) < 4.78 is 13.1. The molecule has 0 atom stereocenters. The SMILES string of the molecule is Cc1cccc(NC(=O)Cc2c[nH]c3cc(F)ccc23)c1. The zero-order chi connectivity index (χ0) is 14.8. The third-order valence-electron chi connectivity index (χ3n) is 3.38. The van der Waals surface area contributed by atoms with Crippen LogP contribution in [0.25, 0.3) is 10.9 Å². The molecular formula is C17H15FN2O. The molecule has 0 aliphatic rings. The largest absolute Gasteiger partial charge is 0.361 e. The van der Waals surface area contributed by atoms with Crippen LogP contribution in [0.5, 0.6) is 0 Å². The molecule has 0 saturated carbocycles. The highest BCUT2D eigenvalue weighted by Gasteiger charge is 2.09. The summed E-state index contributed by atoms with van der Waals surface area (Å²) in [7, 11) is 0. The minimum atomic E-state index is -0.292. The Morgan fingerprint density at radius 2 is 2.10 bits per heavy atom. The topological polar surface area (TPSA) is 44.9 Å². The van der Waals surface area contributed by atoms with E-state index in [-0.39, 0.29) is 18.1 Å². The van der Waals surface area contributed by atoms with Crippen LogP contribution in [-0.4, -0.2) is 10.9 Å². The molecule has 2 N–H and O–H groups in total. The van der Waals surface area contributed by atoms with Crippen LogP contribution in [0.4, 0.5) is 10.1 Å². The Bertz CT molecular complexity index is 807. The Morgan fingerprint density at radius 1 is 1.24 bits per heavy atom. The van der Waals surface area contributed by atoms with Gasteiger partial charge < -0.3 is 10.3 Å². The van der Waals surface area contributed by atoms with Gasteiger partial charge in [-0.1, -0.05) is 12.1 Å². The molecule has 0 radical (unpaired) electrons. The highest BCUT2D eigenvalue weighted by Crippen LogP contribution is 2.20. The van der Waals surface area contributed by atoms with Crippen molar-refractivity contribution in [3.63, 3.8) is 0 Å². The minimum absolute atomic E-state index is 0.0918. The van der Waals surface area contributed by atoms with Gasteiger partial charge in [0.15, 0.2) is 0 Å². The van der Waals surface area contributed by atoms with E-state index in [4.69, 9.17) is 0 Å². The average molecular weight is 282 g/mol. The van der Waals surface area contributed by atoms with E-state index in [9.17, 15) is 9.18 Å². The fourth-order valence-corrected chi connectivity index (χ4v) is 2.41. The van der Waals surface area contributed by atoms with Gasteiger partial charge in [-0.3, -0.25) is 4.79 Å². The van der Waals surface area contributed by atoms with Gasteiger partial charge in [-0.25, -0.2) is 4.39 Å². The number of nitrogens with one attached hydrogen (secondary N) is 2. The molecule has 0 unspecified atom stereocenters. The van der Waals surface area contributed by atoms with Crippen LogP contribution in [0.2, 0.25) is 0 Å². The number of amides is 1. The number of benzene rings is 2. The standard InChI is InChI=1S/C17H15FN2O/c1-11-3-2-4-14(7-11)20-17(21)8-12-10-19-16-9-13(18)5-6-15(12)16/h2-7,9-10,19H,8H2,1H3,(H,20,21). The Labute approximate surface area is 121 Å². The maximum atomic E-state index is 13.1. The summed E-state index contributed by atoms with van der Waals surface area (Å²) in [4.78, 5) is 15.1. The fourth-order valence-electron chi connectivity index (χ4n) is 2.41. The first kappa shape index (κ1) is 13.4. The fraction of sp³-hybridized carbons (Fsp3) is 0.118. The molecule has 0 aliphatic carbocycles. The van der Waals surface area contributed by atoms with E-state index in [2.05, 4.69) is 10.3 Å². The lowest BCUT2D eigenvalue weighted by molar-refractivity contribution is -0.115. The van der Waals surface area contributed by atoms with E-state index < -0.39 is 0 Å². The summed E-state index contributed by atoms with van der Waals surface area (Å²) in [5, 5.41) is 3.74. The predicted molar refractivity (Wildman–Crippen MR) is 81.8 cm³/mol. The molecule has 4 heteroatoms. The molecule has 0 saturated heterocycles. The van der Waals surface area contributed by atoms with Crippen LogP contribution in [0, 0.1) is 12.7 Å². The molecular weight excluding hydrogens is 267 g/mol. The van der Waals surface area contributed by atoms with Gasteiger partial charge in [-0.2, -0.15) is 0 Å². The van der Waals surface area contributed by atoms with Crippen LogP contribution in [0.3, 0.4) is 0 Å². The quantitative estimate of drug-likeness (QED) is 0.754. The van der Waals surface area contributed by atoms with Gasteiger partial charge in [0.05, 0.1) is 6.42 Å². The first-order valence-corrected chi connectivity index (χ1v) is 6.74. The number of aromatic nitrogens is 1. The zero-order valence-corrected chi connectivity index (χ0v) is 11.6. The van der Waals surface area contributed by atoms with Gasteiger partial charge >= 0.3 is 0 Å². The minimum Gasteiger partial charge on any atom is -0.361 e. The molecule has 21 heavy (non-hydrogen) atoms. The van der Waals surface area contributed by atoms with Crippen molar-refractivity contribution in [3.8, 4) is 0 Å². The number of carbonyl (C=O) groups is 1. The van der Waals surface area contributed by atoms with Gasteiger partial charge in [0.2, 0.25) is 5.91 Å². The van der Waals surface area contributed by atoms with Crippen LogP contribution >= 0.6 is 0 Å². The summed E-state index contributed by atoms with van der Waals surface area (Å²) in [6, 6.07) is 12.2. The molecule has 0 aliphatic heterocycles. The van der Waals surface area contributed by atoms with Crippen molar-refractivity contribution in [1.29, 1.82) is 0 Å². The van der Waals surface area contributed by atoms with E-state index in [1.807, 2.05) is 31.2 Å². The molecule has 3 aromatic rings. The van der Waals surface area contributed by atoms with Crippen molar-refractivity contribution in [2.24, 2.45) is 0 Å². The van der Waals surface area contributed by atoms with Gasteiger partial charge in [-0.05, 0) is 48.4 Å². The van der Waals surface area contributed by atoms with Gasteiger partial charge in [0.25, 0.3) is 0 Å². The van der Waals surface area contributed by atoms with Gasteiger partial charge in [-0.15, -0.1) is 0 Å². The van der Waals surface area contributed by atoms with Crippen molar-refractivity contribution in [2.75, 3.05) is 5.32 Å². The summed E-state index contributed by atoms with van der Waals surface area (Å²) >= 11 is 0. The second kappa shape index (κ2) is 5.40. The smallest absolute Gasteiger partial charge is 0.228 e. The molecule has 3 nitrogen and oxygen atoms in total. The van der Waals surface area contributed by atoms with Crippen LogP contribution in [0.1, 0.15) is 11.1 Å². The number of rotatable bonds is 3. The number of halogens is 1. The summed E-state index contributed by atoms with van der Waals surface area (Å²) in [5.74, 6) is -0.383. The molecule has 3 rings (SSSR count). The molecule has 0 bridgehead atoms. The number of hydrogen-bond donors (Lipinski definition) is 2. The maximum absolute atomic E-state index is 13.1. The van der Waals surface area contributed by atoms with Crippen molar-refractivity contribution < 1.29 is 9.18 Å². The number of anilines is 1. The molecule has 1 heterocycles. The zero-order valence-electron chi connectivity index (χ0n) is 11.6. The Balaban J connectivity index is 1.77. The maximum Gasteiger partial charge on any atom is 0.228 e. The van der Waals surface area contributed by atoms with Crippen LogP contribution in [-0.2, 0) is 11.2 Å². The lowest BCUT2D eigenvalue weighted by Crippen LogP contribution is -2.14. The van der Waals surface area contributed by atoms with Crippen molar-refractivity contribution in [1.82, 2.24) is 4.98 Å². The first-order chi connectivity index (χ1) is 10.1. The van der Waals surface area contributed by atoms with Crippen molar-refractivity contribution in [2.45, 2.75) is 13.3 Å². The van der Waals surface area contributed by atoms with E-state index in [1.54, 1.807) is 12.3 Å². The number of aromatic amines is 1. The third-order valence-corrected chi connectivity index (χ3v) is 3.38. The molecule has 0 fully saturated rings. The number of carbonyl (C=O) groups excluding carboxylic acids is 1. The lowest BCUT2D eigenvalue weighted by Gasteiger charge is -2.05. The van der Waals surface area contributed by atoms with Crippen LogP contribution in [0.15, 0.2) is 48.7 Å². The molecule has 2 aromatic carbocycles. The Morgan fingerprint density at radius 3 is 2.90 bits per heavy atom. The summed E-state index contributed by atoms with van der Waals surface area (Å²) in [6.07, 6.45) is 2.00. The highest BCUT2D eigenvalue weighted by molar-refractivity contribution is 5.95. The van der Waals surface area contributed by atoms with E-state index >= 15 is 0 Å². The van der Waals surface area contributed by atoms with E-state index in [0.29, 0.717) is 5.52 Å². The molecule has 1 amide bonds. The molecule has 106 valence electrons. The van der Waals surface area contributed by atoms with Gasteiger partial charge in [0.1, 0.15) is 5.82 Å². The van der Waals surface area contributed by atoms with E-state index in [1.165, 1.54) is 12.1 Å². The second-order valence-electron chi connectivity index (χ2n) is 5.10. The number of H-pyrrole nitrogens is 1. The van der Waals surface area contributed by atoms with Gasteiger partial charge in [0, 0.05) is 22.8 Å². The lowest BCUT2D eigenvalue weighted by atomic mass is 10.1. The predicted octanol–water partition coefficient (Wildman–Crippen LogP) is 3.80. The average Bonchev–Trinajstić information content (AvgIpc) is 2.81. The Kier molecular flexibility index (Phi) is 3.44. The van der Waals surface area contributed by atoms with Crippen molar-refractivity contribution >= 4 is 22.5 Å². The molecule has 1 aromatic heterocycles. The highest BCUT2D eigenvalue weighted by atomic mass is 19.1. The van der Waals surface area contributed by atoms with Crippen molar-refractivity contribution in [3.05, 3.63) is 65.6 Å². The Hall–Kier alpha value is -2.62. The van der Waals surface area contributed by atoms with E-state index in [0.717, 1.165) is 22.2 Å². The summed E-state index contributed by atoms with van der Waals surface area (Å²) in [6.45, 7) is 1.98. The monoisotopic (exact) mass is 282 g/mol. The third kappa shape index (κ3) is 2.94. The summed E-state index contributed by atoms with van der Waals surface area (Å²) in [5.41, 5.74) is 3.43. The molecule has 0 spiro atoms. The number of aryl methyl sites for hydroxylation is 1. The van der Waals surface area contributed by atoms with Crippen LogP contribution < -0.4 is 5.32 Å². The first-order valence-electron chi connectivity index (χ1n) is 6.74. The normalized spacial score (nSPS) is 10.8. The second-order valence-corrected chi connectivity index (χ2v) is 5.10.